The minimum absolute atomic E-state index is 0.0483. The number of phenolic OH excluding ortho intramolecular Hbond substituents is 1. The van der Waals surface area contributed by atoms with Crippen LogP contribution >= 0.6 is 0 Å². The number of fused-ring (bicyclic) bond motifs is 1. The van der Waals surface area contributed by atoms with Gasteiger partial charge in [0, 0.05) is 53.1 Å². The molecule has 0 amide bonds. The Morgan fingerprint density at radius 2 is 1.04 bits per heavy atom. The van der Waals surface area contributed by atoms with Crippen LogP contribution in [0.25, 0.3) is 83.9 Å². The first-order valence-corrected chi connectivity index (χ1v) is 22.5. The molecule has 0 radical (unpaired) electrons. The van der Waals surface area contributed by atoms with Gasteiger partial charge in [-0.1, -0.05) is 192 Å². The first-order chi connectivity index (χ1) is 39.6. The summed E-state index contributed by atoms with van der Waals surface area (Å²) in [6.45, 7) is -8.81. The van der Waals surface area contributed by atoms with Crippen LogP contribution in [0.15, 0.2) is 170 Å². The molecule has 0 unspecified atom stereocenters. The maximum atomic E-state index is 12.7. The van der Waals surface area contributed by atoms with E-state index in [-0.39, 0.29) is 22.7 Å². The molecule has 0 saturated carbocycles. The fourth-order valence-electron chi connectivity index (χ4n) is 8.79. The fourth-order valence-corrected chi connectivity index (χ4v) is 8.79. The van der Waals surface area contributed by atoms with Gasteiger partial charge in [0.2, 0.25) is 0 Å². The minimum atomic E-state index is -3.55. The number of hydrogen-bond donors (Lipinski definition) is 1. The molecule has 4 heteroatoms. The van der Waals surface area contributed by atoms with Crippen LogP contribution in [0.5, 0.6) is 5.75 Å². The van der Waals surface area contributed by atoms with Gasteiger partial charge in [0.05, 0.1) is 28.0 Å². The van der Waals surface area contributed by atoms with E-state index in [2.05, 4.69) is 20.8 Å². The summed E-state index contributed by atoms with van der Waals surface area (Å²) in [6.07, 6.45) is 1.59. The van der Waals surface area contributed by atoms with E-state index in [1.54, 1.807) is 42.6 Å². The molecule has 0 aliphatic rings. The molecule has 7 aromatic carbocycles. The van der Waals surface area contributed by atoms with E-state index in [4.69, 9.17) is 34.6 Å². The molecule has 0 aliphatic carbocycles. The van der Waals surface area contributed by atoms with Gasteiger partial charge in [0.25, 0.3) is 0 Å². The summed E-state index contributed by atoms with van der Waals surface area (Å²) in [4.78, 5) is 10.3. The summed E-state index contributed by atoms with van der Waals surface area (Å²) in [5, 5.41) is 12.7. The highest BCUT2D eigenvalue weighted by Gasteiger charge is 2.30. The predicted molar refractivity (Wildman–Crippen MR) is 288 cm³/mol. The monoisotopic (exact) mass is 910 g/mol. The van der Waals surface area contributed by atoms with Crippen LogP contribution in [0.2, 0.25) is 0 Å². The molecular weight excluding hydrogens is 827 g/mol. The number of phenols is 1. The maximum absolute atomic E-state index is 12.7. The van der Waals surface area contributed by atoms with Crippen molar-refractivity contribution >= 4 is 11.0 Å². The average molecular weight is 910 g/mol. The second-order valence-electron chi connectivity index (χ2n) is 19.6. The second-order valence-corrected chi connectivity index (χ2v) is 19.6. The van der Waals surface area contributed by atoms with E-state index in [9.17, 15) is 5.11 Å². The van der Waals surface area contributed by atoms with Crippen molar-refractivity contribution in [3.05, 3.63) is 192 Å². The van der Waals surface area contributed by atoms with Crippen molar-refractivity contribution in [3.63, 3.8) is 0 Å². The topological polar surface area (TPSA) is 50.9 Å². The zero-order valence-electron chi connectivity index (χ0n) is 57.0. The molecule has 2 heterocycles. The van der Waals surface area contributed by atoms with Crippen LogP contribution in [-0.2, 0) is 21.7 Å². The third kappa shape index (κ3) is 9.05. The van der Waals surface area contributed by atoms with Gasteiger partial charge in [-0.05, 0) is 126 Å². The second kappa shape index (κ2) is 17.2. The smallest absolute Gasteiger partial charge is 0.149 e. The Kier molecular flexibility index (Phi) is 7.35. The predicted octanol–water partition coefficient (Wildman–Crippen LogP) is 17.3. The van der Waals surface area contributed by atoms with Gasteiger partial charge in [-0.25, -0.2) is 4.98 Å². The van der Waals surface area contributed by atoms with Crippen LogP contribution in [-0.4, -0.2) is 19.6 Å². The molecule has 9 aromatic rings. The van der Waals surface area contributed by atoms with Crippen LogP contribution in [0, 0.1) is 0 Å². The number of aromatic nitrogens is 3. The molecule has 9 rings (SSSR count). The third-order valence-corrected chi connectivity index (χ3v) is 12.5. The number of aromatic hydroxyl groups is 1. The van der Waals surface area contributed by atoms with Crippen molar-refractivity contribution in [2.75, 3.05) is 0 Å². The van der Waals surface area contributed by atoms with Crippen LogP contribution in [0.1, 0.15) is 130 Å². The highest BCUT2D eigenvalue weighted by Crippen LogP contribution is 2.46. The Balaban J connectivity index is 1.34. The van der Waals surface area contributed by atoms with Crippen molar-refractivity contribution < 1.29 is 29.8 Å². The lowest BCUT2D eigenvalue weighted by Crippen LogP contribution is -2.17. The van der Waals surface area contributed by atoms with Gasteiger partial charge in [0.15, 0.2) is 0 Å². The lowest BCUT2D eigenvalue weighted by Gasteiger charge is -2.28. The highest BCUT2D eigenvalue weighted by atomic mass is 16.3. The molecule has 1 N–H and O–H groups in total. The molecule has 4 nitrogen and oxygen atoms in total. The molecule has 0 fully saturated rings. The summed E-state index contributed by atoms with van der Waals surface area (Å²) in [5.41, 5.74) is 0.787. The van der Waals surface area contributed by atoms with Gasteiger partial charge in [-0.15, -0.1) is 0 Å². The lowest BCUT2D eigenvalue weighted by atomic mass is 9.79. The Morgan fingerprint density at radius 3 is 1.71 bits per heavy atom. The van der Waals surface area contributed by atoms with Crippen molar-refractivity contribution in [1.29, 1.82) is 0 Å². The molecule has 0 aliphatic heterocycles. The summed E-state index contributed by atoms with van der Waals surface area (Å²) in [7, 11) is 0. The maximum Gasteiger partial charge on any atom is 0.149 e. The Morgan fingerprint density at radius 1 is 0.441 bits per heavy atom. The molecule has 0 bridgehead atoms. The minimum Gasteiger partial charge on any atom is -0.507 e. The average Bonchev–Trinajstić information content (AvgIpc) is 0.752. The first-order valence-electron chi connectivity index (χ1n) is 31.5. The standard InChI is InChI=1S/C64H65N3O/c1-61(2,3)48-28-26-42(27-29-48)44-32-33-65-55(37-44)47-35-45(41-20-15-13-16-21-41)34-46(36-47)51-24-19-25-57-58(51)66-60(53-39-50(63(7,8)9)40-54(59(53)68)64(10,11)12)67(57)56-31-30-49(62(4,5)6)38-52(56)43-22-17-14-18-23-43/h13-40,68H,1-12H3/i1D3,2D3,3D3,4D3,5D3,6D3. The normalized spacial score (nSPS) is 17.5. The molecule has 0 spiro atoms. The highest BCUT2D eigenvalue weighted by molar-refractivity contribution is 5.98. The van der Waals surface area contributed by atoms with Crippen molar-refractivity contribution in [1.82, 2.24) is 14.5 Å². The summed E-state index contributed by atoms with van der Waals surface area (Å²) in [5.74, 6) is 0.210. The molecular formula is C64H65N3O. The number of hydrogen-bond acceptors (Lipinski definition) is 3. The third-order valence-electron chi connectivity index (χ3n) is 12.5. The summed E-state index contributed by atoms with van der Waals surface area (Å²) >= 11 is 0. The van der Waals surface area contributed by atoms with Crippen LogP contribution in [0.4, 0.5) is 0 Å². The van der Waals surface area contributed by atoms with E-state index < -0.39 is 68.3 Å². The largest absolute Gasteiger partial charge is 0.507 e. The van der Waals surface area contributed by atoms with E-state index in [0.29, 0.717) is 66.9 Å². The van der Waals surface area contributed by atoms with Crippen LogP contribution in [0.3, 0.4) is 0 Å². The quantitative estimate of drug-likeness (QED) is 0.173. The number of imidazole rings is 1. The van der Waals surface area contributed by atoms with Crippen molar-refractivity contribution in [2.45, 2.75) is 104 Å². The number of pyridine rings is 1. The van der Waals surface area contributed by atoms with Gasteiger partial charge in [-0.2, -0.15) is 0 Å². The SMILES string of the molecule is [2H]C([2H])([2H])C(c1ccc(-c2ccnc(-c3cc(-c4ccccc4)cc(-c4cccc5c4nc(-c4cc(C(C)(C)C)cc(C(C)(C)C)c4O)n5-c4ccc(C(C([2H])([2H])[2H])(C([2H])([2H])[2H])C([2H])([2H])[2H])cc4-c4ccccc4)c3)c2)cc1)(C([2H])([2H])[2H])C([2H])([2H])[2H]. The van der Waals surface area contributed by atoms with Gasteiger partial charge in [-0.3, -0.25) is 9.55 Å². The molecule has 68 heavy (non-hydrogen) atoms. The molecule has 2 aromatic heterocycles. The van der Waals surface area contributed by atoms with E-state index >= 15 is 0 Å². The Bertz CT molecular complexity index is 3920. The van der Waals surface area contributed by atoms with E-state index in [1.165, 1.54) is 42.5 Å². The zero-order chi connectivity index (χ0) is 63.3. The van der Waals surface area contributed by atoms with Gasteiger partial charge < -0.3 is 5.11 Å². The zero-order valence-corrected chi connectivity index (χ0v) is 39.0. The Hall–Kier alpha value is -7.04. The Labute approximate surface area is 429 Å². The van der Waals surface area contributed by atoms with E-state index in [0.717, 1.165) is 16.7 Å². The lowest BCUT2D eigenvalue weighted by molar-refractivity contribution is 0.446. The fraction of sp³-hybridized carbons (Fsp3) is 0.250. The van der Waals surface area contributed by atoms with Gasteiger partial charge in [0.1, 0.15) is 11.6 Å². The number of nitrogens with zero attached hydrogens (tertiary/aromatic N) is 3. The summed E-state index contributed by atoms with van der Waals surface area (Å²) < 4.78 is 154. The number of benzene rings is 7. The molecule has 0 atom stereocenters. The van der Waals surface area contributed by atoms with Gasteiger partial charge >= 0.3 is 0 Å². The van der Waals surface area contributed by atoms with Crippen molar-refractivity contribution in [3.8, 4) is 78.6 Å². The van der Waals surface area contributed by atoms with Crippen molar-refractivity contribution in [2.24, 2.45) is 0 Å². The molecule has 0 saturated heterocycles. The number of rotatable bonds is 7. The first kappa shape index (κ1) is 29.0. The number of para-hydroxylation sites is 1. The van der Waals surface area contributed by atoms with E-state index in [1.807, 2.05) is 110 Å². The summed E-state index contributed by atoms with van der Waals surface area (Å²) in [6, 6.07) is 47.0. The van der Waals surface area contributed by atoms with Crippen LogP contribution < -0.4 is 0 Å². The molecule has 342 valence electrons.